The predicted octanol–water partition coefficient (Wildman–Crippen LogP) is 4.79. The van der Waals surface area contributed by atoms with Gasteiger partial charge in [0.2, 0.25) is 0 Å². The molecule has 2 fully saturated rings. The summed E-state index contributed by atoms with van der Waals surface area (Å²) in [6.45, 7) is 1.51. The number of carbonyl (C=O) groups excluding carboxylic acids is 1. The molecule has 1 amide bonds. The molecule has 1 aliphatic carbocycles. The molecule has 1 aromatic heterocycles. The fourth-order valence-corrected chi connectivity index (χ4v) is 4.30. The Kier molecular flexibility index (Phi) is 5.93. The monoisotopic (exact) mass is 431 g/mol. The van der Waals surface area contributed by atoms with Gasteiger partial charge in [-0.2, -0.15) is 5.10 Å². The first-order valence-electron chi connectivity index (χ1n) is 9.95. The van der Waals surface area contributed by atoms with E-state index in [1.807, 2.05) is 35.2 Å². The molecule has 1 aliphatic heterocycles. The first-order chi connectivity index (χ1) is 13.2. The number of hydrogen-bond donors (Lipinski definition) is 1. The summed E-state index contributed by atoms with van der Waals surface area (Å²) in [5.41, 5.74) is 2.34. The number of nitrogens with zero attached hydrogens (tertiary/aromatic N) is 2. The second-order valence-corrected chi connectivity index (χ2v) is 8.48. The summed E-state index contributed by atoms with van der Waals surface area (Å²) in [5.74, 6) is 0.0296. The molecule has 0 radical (unpaired) electrons. The maximum Gasteiger partial charge on any atom is 0.271 e. The number of halogens is 1. The average Bonchev–Trinajstić information content (AvgIpc) is 3.20. The van der Waals surface area contributed by atoms with Gasteiger partial charge in [0.05, 0.1) is 17.9 Å². The summed E-state index contributed by atoms with van der Waals surface area (Å²) in [4.78, 5) is 14.7. The number of H-pyrrole nitrogens is 1. The van der Waals surface area contributed by atoms with Crippen LogP contribution in [0.1, 0.15) is 55.4 Å². The quantitative estimate of drug-likeness (QED) is 0.756. The molecular formula is C21H26BrN3O2. The zero-order valence-electron chi connectivity index (χ0n) is 15.5. The summed E-state index contributed by atoms with van der Waals surface area (Å²) in [6, 6.07) is 9.77. The van der Waals surface area contributed by atoms with Crippen molar-refractivity contribution in [1.82, 2.24) is 15.1 Å². The minimum absolute atomic E-state index is 0.0296. The number of ether oxygens (including phenoxy) is 1. The minimum Gasteiger partial charge on any atom is -0.375 e. The number of piperidine rings is 1. The van der Waals surface area contributed by atoms with Crippen molar-refractivity contribution in [2.75, 3.05) is 13.1 Å². The maximum absolute atomic E-state index is 12.8. The summed E-state index contributed by atoms with van der Waals surface area (Å²) in [6.07, 6.45) is 8.93. The van der Waals surface area contributed by atoms with E-state index in [0.29, 0.717) is 17.9 Å². The lowest BCUT2D eigenvalue weighted by Gasteiger charge is -2.34. The molecule has 1 aromatic carbocycles. The number of hydrogen-bond acceptors (Lipinski definition) is 3. The lowest BCUT2D eigenvalue weighted by molar-refractivity contribution is -0.0527. The molecule has 1 N–H and O–H groups in total. The molecule has 4 rings (SSSR count). The molecule has 5 nitrogen and oxygen atoms in total. The third-order valence-corrected chi connectivity index (χ3v) is 6.14. The first-order valence-corrected chi connectivity index (χ1v) is 10.7. The summed E-state index contributed by atoms with van der Waals surface area (Å²) in [7, 11) is 0. The lowest BCUT2D eigenvalue weighted by atomic mass is 9.97. The summed E-state index contributed by atoms with van der Waals surface area (Å²) in [5, 5.41) is 7.22. The molecule has 2 aromatic rings. The van der Waals surface area contributed by atoms with Crippen LogP contribution >= 0.6 is 15.9 Å². The van der Waals surface area contributed by atoms with Crippen molar-refractivity contribution < 1.29 is 9.53 Å². The SMILES string of the molecule is O=C(c1cc(-c2ccc(Br)cc2)n[nH]1)N1CCC(OC2CCCCC2)CC1. The third-order valence-electron chi connectivity index (χ3n) is 5.61. The van der Waals surface area contributed by atoms with Crippen molar-refractivity contribution in [3.63, 3.8) is 0 Å². The second kappa shape index (κ2) is 8.57. The van der Waals surface area contributed by atoms with Crippen molar-refractivity contribution >= 4 is 21.8 Å². The van der Waals surface area contributed by atoms with Crippen molar-refractivity contribution in [3.8, 4) is 11.3 Å². The summed E-state index contributed by atoms with van der Waals surface area (Å²) < 4.78 is 7.30. The van der Waals surface area contributed by atoms with Crippen molar-refractivity contribution in [1.29, 1.82) is 0 Å². The molecule has 0 bridgehead atoms. The Labute approximate surface area is 168 Å². The van der Waals surface area contributed by atoms with Gasteiger partial charge in [-0.15, -0.1) is 0 Å². The van der Waals surface area contributed by atoms with Crippen molar-refractivity contribution in [2.24, 2.45) is 0 Å². The molecule has 6 heteroatoms. The predicted molar refractivity (Wildman–Crippen MR) is 109 cm³/mol. The van der Waals surface area contributed by atoms with Gasteiger partial charge in [-0.25, -0.2) is 0 Å². The van der Waals surface area contributed by atoms with Crippen LogP contribution in [0.5, 0.6) is 0 Å². The third kappa shape index (κ3) is 4.61. The van der Waals surface area contributed by atoms with Gasteiger partial charge in [0, 0.05) is 23.1 Å². The normalized spacial score (nSPS) is 19.4. The highest BCUT2D eigenvalue weighted by Crippen LogP contribution is 2.26. The van der Waals surface area contributed by atoms with Crippen LogP contribution in [0.3, 0.4) is 0 Å². The number of aromatic nitrogens is 2. The first kappa shape index (κ1) is 18.7. The van der Waals surface area contributed by atoms with Crippen LogP contribution in [0.2, 0.25) is 0 Å². The highest BCUT2D eigenvalue weighted by Gasteiger charge is 2.27. The average molecular weight is 432 g/mol. The number of amides is 1. The Balaban J connectivity index is 1.32. The number of nitrogens with one attached hydrogen (secondary N) is 1. The van der Waals surface area contributed by atoms with E-state index in [1.165, 1.54) is 32.1 Å². The Hall–Kier alpha value is -1.66. The molecule has 1 saturated heterocycles. The van der Waals surface area contributed by atoms with Crippen LogP contribution in [0, 0.1) is 0 Å². The van der Waals surface area contributed by atoms with Crippen LogP contribution in [-0.4, -0.2) is 46.3 Å². The number of rotatable bonds is 4. The van der Waals surface area contributed by atoms with Gasteiger partial charge in [-0.1, -0.05) is 47.3 Å². The van der Waals surface area contributed by atoms with Crippen molar-refractivity contribution in [3.05, 3.63) is 40.5 Å². The standard InChI is InChI=1S/C21H26BrN3O2/c22-16-8-6-15(7-9-16)19-14-20(24-23-19)21(26)25-12-10-18(11-13-25)27-17-4-2-1-3-5-17/h6-9,14,17-18H,1-5,10-13H2,(H,23,24). The second-order valence-electron chi connectivity index (χ2n) is 7.56. The van der Waals surface area contributed by atoms with Gasteiger partial charge in [-0.3, -0.25) is 9.89 Å². The molecule has 0 spiro atoms. The van der Waals surface area contributed by atoms with Gasteiger partial charge >= 0.3 is 0 Å². The van der Waals surface area contributed by atoms with Gasteiger partial charge in [0.25, 0.3) is 5.91 Å². The maximum atomic E-state index is 12.8. The van der Waals surface area contributed by atoms with Crippen LogP contribution in [0.15, 0.2) is 34.8 Å². The van der Waals surface area contributed by atoms with E-state index in [1.54, 1.807) is 0 Å². The zero-order chi connectivity index (χ0) is 18.6. The van der Waals surface area contributed by atoms with E-state index in [4.69, 9.17) is 4.74 Å². The van der Waals surface area contributed by atoms with Crippen LogP contribution in [-0.2, 0) is 4.74 Å². The fourth-order valence-electron chi connectivity index (χ4n) is 4.04. The van der Waals surface area contributed by atoms with Gasteiger partial charge in [0.1, 0.15) is 5.69 Å². The van der Waals surface area contributed by atoms with E-state index < -0.39 is 0 Å². The number of carbonyl (C=O) groups is 1. The van der Waals surface area contributed by atoms with Crippen LogP contribution in [0.4, 0.5) is 0 Å². The van der Waals surface area contributed by atoms with Gasteiger partial charge < -0.3 is 9.64 Å². The van der Waals surface area contributed by atoms with Gasteiger partial charge in [0.15, 0.2) is 0 Å². The fraction of sp³-hybridized carbons (Fsp3) is 0.524. The van der Waals surface area contributed by atoms with Crippen molar-refractivity contribution in [2.45, 2.75) is 57.2 Å². The lowest BCUT2D eigenvalue weighted by Crippen LogP contribution is -2.42. The van der Waals surface area contributed by atoms with E-state index in [0.717, 1.165) is 41.7 Å². The molecule has 0 atom stereocenters. The van der Waals surface area contributed by atoms with Crippen LogP contribution in [0.25, 0.3) is 11.3 Å². The van der Waals surface area contributed by atoms with E-state index in [2.05, 4.69) is 26.1 Å². The summed E-state index contributed by atoms with van der Waals surface area (Å²) >= 11 is 3.44. The number of aromatic amines is 1. The topological polar surface area (TPSA) is 58.2 Å². The van der Waals surface area contributed by atoms with E-state index >= 15 is 0 Å². The largest absolute Gasteiger partial charge is 0.375 e. The molecule has 2 heterocycles. The molecule has 2 aliphatic rings. The van der Waals surface area contributed by atoms with E-state index in [-0.39, 0.29) is 5.91 Å². The van der Waals surface area contributed by atoms with Gasteiger partial charge in [-0.05, 0) is 43.9 Å². The Morgan fingerprint density at radius 3 is 2.41 bits per heavy atom. The molecule has 1 saturated carbocycles. The molecular weight excluding hydrogens is 406 g/mol. The smallest absolute Gasteiger partial charge is 0.271 e. The molecule has 0 unspecified atom stereocenters. The molecule has 27 heavy (non-hydrogen) atoms. The Morgan fingerprint density at radius 2 is 1.70 bits per heavy atom. The molecule has 144 valence electrons. The number of benzene rings is 1. The minimum atomic E-state index is 0.0296. The number of likely N-dealkylation sites (tertiary alicyclic amines) is 1. The Morgan fingerprint density at radius 1 is 1.04 bits per heavy atom. The van der Waals surface area contributed by atoms with Crippen LogP contribution < -0.4 is 0 Å². The highest BCUT2D eigenvalue weighted by atomic mass is 79.9. The van der Waals surface area contributed by atoms with E-state index in [9.17, 15) is 4.79 Å². The zero-order valence-corrected chi connectivity index (χ0v) is 17.1. The highest BCUT2D eigenvalue weighted by molar-refractivity contribution is 9.10. The Bertz CT molecular complexity index is 760.